The smallest absolute Gasteiger partial charge is 0.254 e. The van der Waals surface area contributed by atoms with Crippen LogP contribution in [0.3, 0.4) is 0 Å². The van der Waals surface area contributed by atoms with Crippen LogP contribution in [0.15, 0.2) is 23.1 Å². The molecule has 18 heavy (non-hydrogen) atoms. The van der Waals surface area contributed by atoms with Gasteiger partial charge in [0.2, 0.25) is 5.91 Å². The van der Waals surface area contributed by atoms with Crippen LogP contribution in [-0.2, 0) is 11.8 Å². The van der Waals surface area contributed by atoms with E-state index in [1.54, 1.807) is 31.3 Å². The maximum atomic E-state index is 12.1. The van der Waals surface area contributed by atoms with E-state index in [4.69, 9.17) is 0 Å². The first-order valence-corrected chi connectivity index (χ1v) is 5.69. The van der Waals surface area contributed by atoms with Crippen molar-refractivity contribution in [3.05, 3.63) is 34.2 Å². The number of hydrogen-bond donors (Lipinski definition) is 0. The molecule has 0 N–H and O–H groups in total. The summed E-state index contributed by atoms with van der Waals surface area (Å²) in [6.07, 6.45) is 1.55. The topological polar surface area (TPSA) is 62.6 Å². The highest BCUT2D eigenvalue weighted by Crippen LogP contribution is 2.07. The molecule has 2 amide bonds. The van der Waals surface area contributed by atoms with Crippen molar-refractivity contribution in [2.24, 2.45) is 7.05 Å². The second kappa shape index (κ2) is 4.64. The first-order valence-electron chi connectivity index (χ1n) is 5.69. The van der Waals surface area contributed by atoms with Crippen LogP contribution >= 0.6 is 0 Å². The zero-order valence-corrected chi connectivity index (χ0v) is 10.4. The Bertz CT molecular complexity index is 550. The number of amides is 2. The van der Waals surface area contributed by atoms with Crippen molar-refractivity contribution in [1.82, 2.24) is 14.4 Å². The highest BCUT2D eigenvalue weighted by Gasteiger charge is 2.25. The molecule has 1 fully saturated rings. The van der Waals surface area contributed by atoms with Crippen molar-refractivity contribution in [3.63, 3.8) is 0 Å². The third-order valence-corrected chi connectivity index (χ3v) is 3.10. The lowest BCUT2D eigenvalue weighted by molar-refractivity contribution is -0.133. The molecule has 0 unspecified atom stereocenters. The molecule has 0 aromatic carbocycles. The molecular weight excluding hydrogens is 234 g/mol. The summed E-state index contributed by atoms with van der Waals surface area (Å²) in [4.78, 5) is 38.2. The van der Waals surface area contributed by atoms with Gasteiger partial charge in [0.15, 0.2) is 0 Å². The predicted molar refractivity (Wildman–Crippen MR) is 65.2 cm³/mol. The van der Waals surface area contributed by atoms with Gasteiger partial charge in [-0.3, -0.25) is 14.4 Å². The Balaban J connectivity index is 2.19. The molecule has 1 aromatic rings. The van der Waals surface area contributed by atoms with E-state index in [0.717, 1.165) is 0 Å². The summed E-state index contributed by atoms with van der Waals surface area (Å²) < 4.78 is 1.39. The molecule has 6 nitrogen and oxygen atoms in total. The van der Waals surface area contributed by atoms with Crippen LogP contribution in [-0.4, -0.2) is 52.9 Å². The minimum absolute atomic E-state index is 0.0740. The van der Waals surface area contributed by atoms with Crippen LogP contribution < -0.4 is 5.56 Å². The van der Waals surface area contributed by atoms with Gasteiger partial charge >= 0.3 is 0 Å². The van der Waals surface area contributed by atoms with Gasteiger partial charge < -0.3 is 14.4 Å². The fourth-order valence-electron chi connectivity index (χ4n) is 1.80. The van der Waals surface area contributed by atoms with Gasteiger partial charge in [-0.2, -0.15) is 0 Å². The summed E-state index contributed by atoms with van der Waals surface area (Å²) in [7, 11) is 3.33. The summed E-state index contributed by atoms with van der Waals surface area (Å²) in [6.45, 7) is 1.09. The summed E-state index contributed by atoms with van der Waals surface area (Å²) >= 11 is 0. The van der Waals surface area contributed by atoms with Crippen LogP contribution in [0.4, 0.5) is 0 Å². The van der Waals surface area contributed by atoms with E-state index < -0.39 is 0 Å². The number of likely N-dealkylation sites (N-methyl/N-ethyl adjacent to an activating group) is 1. The zero-order valence-electron chi connectivity index (χ0n) is 10.4. The summed E-state index contributed by atoms with van der Waals surface area (Å²) in [5.41, 5.74) is 0.0942. The molecule has 0 aliphatic carbocycles. The van der Waals surface area contributed by atoms with E-state index in [1.807, 2.05) is 0 Å². The Morgan fingerprint density at radius 2 is 1.94 bits per heavy atom. The Hall–Kier alpha value is -2.11. The molecule has 1 aromatic heterocycles. The Kier molecular flexibility index (Phi) is 3.18. The average molecular weight is 249 g/mol. The molecular formula is C12H15N3O3. The van der Waals surface area contributed by atoms with Crippen molar-refractivity contribution in [3.8, 4) is 0 Å². The highest BCUT2D eigenvalue weighted by molar-refractivity contribution is 5.96. The zero-order chi connectivity index (χ0) is 13.3. The number of pyridine rings is 1. The van der Waals surface area contributed by atoms with E-state index in [-0.39, 0.29) is 23.9 Å². The fraction of sp³-hybridized carbons (Fsp3) is 0.417. The van der Waals surface area contributed by atoms with Crippen LogP contribution in [0.25, 0.3) is 0 Å². The Labute approximate surface area is 104 Å². The van der Waals surface area contributed by atoms with Crippen molar-refractivity contribution < 1.29 is 9.59 Å². The molecule has 1 saturated heterocycles. The van der Waals surface area contributed by atoms with Crippen LogP contribution in [0.5, 0.6) is 0 Å². The van der Waals surface area contributed by atoms with Crippen molar-refractivity contribution in [2.75, 3.05) is 26.7 Å². The maximum absolute atomic E-state index is 12.1. The molecule has 96 valence electrons. The molecule has 2 rings (SSSR count). The number of carbonyl (C=O) groups excluding carboxylic acids is 2. The minimum atomic E-state index is -0.269. The van der Waals surface area contributed by atoms with Gasteiger partial charge in [-0.05, 0) is 6.07 Å². The van der Waals surface area contributed by atoms with Crippen LogP contribution in [0.1, 0.15) is 10.4 Å². The van der Waals surface area contributed by atoms with E-state index in [9.17, 15) is 14.4 Å². The number of rotatable bonds is 1. The van der Waals surface area contributed by atoms with Gasteiger partial charge in [-0.25, -0.2) is 0 Å². The van der Waals surface area contributed by atoms with E-state index in [0.29, 0.717) is 18.7 Å². The summed E-state index contributed by atoms with van der Waals surface area (Å²) in [5.74, 6) is -0.354. The van der Waals surface area contributed by atoms with E-state index in [2.05, 4.69) is 0 Å². The predicted octanol–water partition coefficient (Wildman–Crippen LogP) is -0.700. The van der Waals surface area contributed by atoms with Crippen LogP contribution in [0, 0.1) is 0 Å². The Morgan fingerprint density at radius 3 is 2.56 bits per heavy atom. The SMILES string of the molecule is CN1CCN(C(=O)c2ccn(C)c(=O)c2)CC1=O. The van der Waals surface area contributed by atoms with Gasteiger partial charge in [0.1, 0.15) is 6.54 Å². The first kappa shape index (κ1) is 12.3. The number of aryl methyl sites for hydroxylation is 1. The van der Waals surface area contributed by atoms with Crippen molar-refractivity contribution in [1.29, 1.82) is 0 Å². The third-order valence-electron chi connectivity index (χ3n) is 3.10. The van der Waals surface area contributed by atoms with Gasteiger partial charge in [0, 0.05) is 45.0 Å². The standard InChI is InChI=1S/C12H15N3O3/c1-13-4-3-9(7-10(13)16)12(18)15-6-5-14(2)11(17)8-15/h3-4,7H,5-6,8H2,1-2H3. The van der Waals surface area contributed by atoms with E-state index >= 15 is 0 Å². The summed E-state index contributed by atoms with van der Waals surface area (Å²) in [5, 5.41) is 0. The average Bonchev–Trinajstić information content (AvgIpc) is 2.35. The molecule has 1 aliphatic rings. The van der Waals surface area contributed by atoms with E-state index in [1.165, 1.54) is 15.5 Å². The number of piperazine rings is 1. The lowest BCUT2D eigenvalue weighted by Gasteiger charge is -2.31. The first-order chi connectivity index (χ1) is 8.49. The van der Waals surface area contributed by atoms with Gasteiger partial charge in [0.25, 0.3) is 11.5 Å². The number of aromatic nitrogens is 1. The van der Waals surface area contributed by atoms with Crippen molar-refractivity contribution in [2.45, 2.75) is 0 Å². The van der Waals surface area contributed by atoms with Crippen molar-refractivity contribution >= 4 is 11.8 Å². The quantitative estimate of drug-likeness (QED) is 0.661. The fourth-order valence-corrected chi connectivity index (χ4v) is 1.80. The second-order valence-electron chi connectivity index (χ2n) is 4.41. The molecule has 6 heteroatoms. The number of nitrogens with zero attached hydrogens (tertiary/aromatic N) is 3. The largest absolute Gasteiger partial charge is 0.342 e. The molecule has 0 saturated carbocycles. The van der Waals surface area contributed by atoms with Gasteiger partial charge in [-0.1, -0.05) is 0 Å². The second-order valence-corrected chi connectivity index (χ2v) is 4.41. The molecule has 2 heterocycles. The number of carbonyl (C=O) groups is 2. The lowest BCUT2D eigenvalue weighted by atomic mass is 10.2. The maximum Gasteiger partial charge on any atom is 0.254 e. The molecule has 0 radical (unpaired) electrons. The highest BCUT2D eigenvalue weighted by atomic mass is 16.2. The normalized spacial score (nSPS) is 16.0. The van der Waals surface area contributed by atoms with Crippen LogP contribution in [0.2, 0.25) is 0 Å². The van der Waals surface area contributed by atoms with Gasteiger partial charge in [-0.15, -0.1) is 0 Å². The molecule has 0 spiro atoms. The molecule has 0 bridgehead atoms. The summed E-state index contributed by atoms with van der Waals surface area (Å²) in [6, 6.07) is 2.89. The molecule has 0 atom stereocenters. The third kappa shape index (κ3) is 2.27. The number of hydrogen-bond acceptors (Lipinski definition) is 3. The monoisotopic (exact) mass is 249 g/mol. The lowest BCUT2D eigenvalue weighted by Crippen LogP contribution is -2.50. The van der Waals surface area contributed by atoms with Gasteiger partial charge in [0.05, 0.1) is 0 Å². The Morgan fingerprint density at radius 1 is 1.22 bits per heavy atom. The molecule has 1 aliphatic heterocycles. The minimum Gasteiger partial charge on any atom is -0.342 e.